The predicted molar refractivity (Wildman–Crippen MR) is 81.9 cm³/mol. The summed E-state index contributed by atoms with van der Waals surface area (Å²) in [5, 5.41) is 0. The van der Waals surface area contributed by atoms with E-state index in [-0.39, 0.29) is 0 Å². The summed E-state index contributed by atoms with van der Waals surface area (Å²) in [6.07, 6.45) is 5.71. The van der Waals surface area contributed by atoms with Gasteiger partial charge in [-0.1, -0.05) is 19.9 Å². The Kier molecular flexibility index (Phi) is 4.81. The monoisotopic (exact) mass is 261 g/mol. The molecule has 19 heavy (non-hydrogen) atoms. The predicted octanol–water partition coefficient (Wildman–Crippen LogP) is 3.13. The molecule has 2 heterocycles. The molecule has 0 spiro atoms. The van der Waals surface area contributed by atoms with Crippen molar-refractivity contribution >= 4 is 5.82 Å². The van der Waals surface area contributed by atoms with Crippen LogP contribution in [0.3, 0.4) is 0 Å². The zero-order chi connectivity index (χ0) is 13.8. The van der Waals surface area contributed by atoms with Gasteiger partial charge in [-0.3, -0.25) is 0 Å². The summed E-state index contributed by atoms with van der Waals surface area (Å²) in [4.78, 5) is 9.41. The van der Waals surface area contributed by atoms with Crippen LogP contribution in [0.1, 0.15) is 44.6 Å². The van der Waals surface area contributed by atoms with E-state index in [0.717, 1.165) is 24.9 Å². The van der Waals surface area contributed by atoms with Gasteiger partial charge in [-0.15, -0.1) is 0 Å². The van der Waals surface area contributed by atoms with Gasteiger partial charge >= 0.3 is 0 Å². The van der Waals surface area contributed by atoms with Crippen LogP contribution in [0.25, 0.3) is 0 Å². The van der Waals surface area contributed by atoms with E-state index in [4.69, 9.17) is 0 Å². The Morgan fingerprint density at radius 3 is 2.47 bits per heavy atom. The molecule has 0 amide bonds. The molecule has 0 aliphatic carbocycles. The Hall–Kier alpha value is -1.09. The molecule has 2 rings (SSSR count). The normalized spacial score (nSPS) is 18.9. The van der Waals surface area contributed by atoms with Crippen molar-refractivity contribution in [3.63, 3.8) is 0 Å². The molecule has 3 nitrogen and oxygen atoms in total. The van der Waals surface area contributed by atoms with Gasteiger partial charge < -0.3 is 9.80 Å². The summed E-state index contributed by atoms with van der Waals surface area (Å²) in [6.45, 7) is 6.74. The van der Waals surface area contributed by atoms with E-state index < -0.39 is 0 Å². The number of hydrogen-bond donors (Lipinski definition) is 0. The number of hydrogen-bond acceptors (Lipinski definition) is 3. The molecule has 0 saturated carbocycles. The van der Waals surface area contributed by atoms with E-state index in [1.165, 1.54) is 24.8 Å². The molecule has 1 aromatic rings. The Balaban J connectivity index is 1.96. The van der Waals surface area contributed by atoms with Crippen LogP contribution in [0.5, 0.6) is 0 Å². The molecule has 106 valence electrons. The maximum Gasteiger partial charge on any atom is 0.128 e. The lowest BCUT2D eigenvalue weighted by molar-refractivity contribution is 0.249. The van der Waals surface area contributed by atoms with Crippen molar-refractivity contribution in [3.05, 3.63) is 23.9 Å². The summed E-state index contributed by atoms with van der Waals surface area (Å²) in [7, 11) is 4.36. The molecule has 1 aromatic heterocycles. The van der Waals surface area contributed by atoms with Crippen molar-refractivity contribution in [2.75, 3.05) is 32.1 Å². The molecule has 0 N–H and O–H groups in total. The van der Waals surface area contributed by atoms with E-state index in [1.807, 2.05) is 0 Å². The van der Waals surface area contributed by atoms with E-state index >= 15 is 0 Å². The fourth-order valence-corrected chi connectivity index (χ4v) is 2.72. The van der Waals surface area contributed by atoms with E-state index in [9.17, 15) is 0 Å². The van der Waals surface area contributed by atoms with Crippen LogP contribution in [0.4, 0.5) is 5.82 Å². The summed E-state index contributed by atoms with van der Waals surface area (Å²) in [5.74, 6) is 1.75. The smallest absolute Gasteiger partial charge is 0.128 e. The third-order valence-electron chi connectivity index (χ3n) is 4.47. The fourth-order valence-electron chi connectivity index (χ4n) is 2.72. The van der Waals surface area contributed by atoms with Gasteiger partial charge in [0, 0.05) is 25.3 Å². The van der Waals surface area contributed by atoms with Gasteiger partial charge in [-0.05, 0) is 50.9 Å². The zero-order valence-electron chi connectivity index (χ0n) is 12.8. The summed E-state index contributed by atoms with van der Waals surface area (Å²) in [6, 6.07) is 5.17. The topological polar surface area (TPSA) is 19.4 Å². The zero-order valence-corrected chi connectivity index (χ0v) is 12.8. The summed E-state index contributed by atoms with van der Waals surface area (Å²) >= 11 is 0. The van der Waals surface area contributed by atoms with Crippen LogP contribution < -0.4 is 4.90 Å². The Morgan fingerprint density at radius 1 is 1.32 bits per heavy atom. The second-order valence-corrected chi connectivity index (χ2v) is 5.94. The second-order valence-electron chi connectivity index (χ2n) is 5.94. The lowest BCUT2D eigenvalue weighted by Gasteiger charge is -2.35. The first kappa shape index (κ1) is 14.3. The first-order valence-corrected chi connectivity index (χ1v) is 7.49. The first-order chi connectivity index (χ1) is 9.11. The number of rotatable bonds is 4. The van der Waals surface area contributed by atoms with E-state index in [0.29, 0.717) is 5.92 Å². The minimum atomic E-state index is 0.612. The quantitative estimate of drug-likeness (QED) is 0.830. The van der Waals surface area contributed by atoms with Crippen LogP contribution in [-0.2, 0) is 0 Å². The van der Waals surface area contributed by atoms with Crippen molar-refractivity contribution < 1.29 is 0 Å². The molecule has 0 bridgehead atoms. The standard InChI is InChI=1S/C16H27N3/c1-5-13(2)14-6-7-16(17-12-14)19-10-8-15(9-11-19)18(3)4/h6-7,12-13,15H,5,8-11H2,1-4H3/t13-/m0/s1. The highest BCUT2D eigenvalue weighted by Gasteiger charge is 2.21. The minimum absolute atomic E-state index is 0.612. The van der Waals surface area contributed by atoms with Crippen molar-refractivity contribution in [2.24, 2.45) is 0 Å². The SMILES string of the molecule is CC[C@H](C)c1ccc(N2CCC(N(C)C)CC2)nc1. The van der Waals surface area contributed by atoms with Crippen LogP contribution in [0.2, 0.25) is 0 Å². The molecular formula is C16H27N3. The van der Waals surface area contributed by atoms with Crippen LogP contribution in [0.15, 0.2) is 18.3 Å². The highest BCUT2D eigenvalue weighted by atomic mass is 15.2. The molecule has 1 fully saturated rings. The van der Waals surface area contributed by atoms with Gasteiger partial charge in [-0.25, -0.2) is 4.98 Å². The minimum Gasteiger partial charge on any atom is -0.357 e. The largest absolute Gasteiger partial charge is 0.357 e. The van der Waals surface area contributed by atoms with Crippen LogP contribution in [-0.4, -0.2) is 43.1 Å². The maximum absolute atomic E-state index is 4.65. The molecule has 1 aliphatic heterocycles. The fraction of sp³-hybridized carbons (Fsp3) is 0.688. The van der Waals surface area contributed by atoms with Gasteiger partial charge in [0.1, 0.15) is 5.82 Å². The average molecular weight is 261 g/mol. The number of pyridine rings is 1. The first-order valence-electron chi connectivity index (χ1n) is 7.49. The molecule has 1 saturated heterocycles. The van der Waals surface area contributed by atoms with Gasteiger partial charge in [0.15, 0.2) is 0 Å². The molecule has 0 radical (unpaired) electrons. The average Bonchev–Trinajstić information content (AvgIpc) is 2.46. The lowest BCUT2D eigenvalue weighted by atomic mass is 10.0. The molecule has 0 unspecified atom stereocenters. The van der Waals surface area contributed by atoms with Gasteiger partial charge in [0.2, 0.25) is 0 Å². The van der Waals surface area contributed by atoms with Crippen molar-refractivity contribution in [1.29, 1.82) is 0 Å². The van der Waals surface area contributed by atoms with Crippen LogP contribution >= 0.6 is 0 Å². The third-order valence-corrected chi connectivity index (χ3v) is 4.47. The van der Waals surface area contributed by atoms with E-state index in [1.54, 1.807) is 0 Å². The summed E-state index contributed by atoms with van der Waals surface area (Å²) < 4.78 is 0. The highest BCUT2D eigenvalue weighted by Crippen LogP contribution is 2.23. The van der Waals surface area contributed by atoms with Gasteiger partial charge in [0.05, 0.1) is 0 Å². The molecule has 0 aromatic carbocycles. The molecular weight excluding hydrogens is 234 g/mol. The van der Waals surface area contributed by atoms with Gasteiger partial charge in [0.25, 0.3) is 0 Å². The Morgan fingerprint density at radius 2 is 2.00 bits per heavy atom. The molecule has 1 atom stereocenters. The Labute approximate surface area is 117 Å². The lowest BCUT2D eigenvalue weighted by Crippen LogP contribution is -2.42. The molecule has 1 aliphatic rings. The number of aromatic nitrogens is 1. The second kappa shape index (κ2) is 6.38. The maximum atomic E-state index is 4.65. The number of nitrogens with zero attached hydrogens (tertiary/aromatic N) is 3. The third kappa shape index (κ3) is 3.47. The van der Waals surface area contributed by atoms with Crippen molar-refractivity contribution in [3.8, 4) is 0 Å². The number of anilines is 1. The number of piperidine rings is 1. The molecule has 3 heteroatoms. The van der Waals surface area contributed by atoms with Gasteiger partial charge in [-0.2, -0.15) is 0 Å². The van der Waals surface area contributed by atoms with Crippen molar-refractivity contribution in [1.82, 2.24) is 9.88 Å². The Bertz CT molecular complexity index is 377. The van der Waals surface area contributed by atoms with Crippen molar-refractivity contribution in [2.45, 2.75) is 45.1 Å². The van der Waals surface area contributed by atoms with Crippen LogP contribution in [0, 0.1) is 0 Å². The summed E-state index contributed by atoms with van der Waals surface area (Å²) in [5.41, 5.74) is 1.36. The van der Waals surface area contributed by atoms with E-state index in [2.05, 4.69) is 61.1 Å². The highest BCUT2D eigenvalue weighted by molar-refractivity contribution is 5.40.